The molecule has 3 aromatic carbocycles. The van der Waals surface area contributed by atoms with Gasteiger partial charge >= 0.3 is 11.9 Å². The van der Waals surface area contributed by atoms with Crippen LogP contribution >= 0.6 is 11.6 Å². The second-order valence-electron chi connectivity index (χ2n) is 8.90. The Hall–Kier alpha value is -5.27. The first kappa shape index (κ1) is 29.7. The van der Waals surface area contributed by atoms with E-state index < -0.39 is 23.6 Å². The zero-order valence-electron chi connectivity index (χ0n) is 23.1. The van der Waals surface area contributed by atoms with Gasteiger partial charge in [-0.3, -0.25) is 9.69 Å². The number of rotatable bonds is 8. The van der Waals surface area contributed by atoms with Crippen LogP contribution in [0.3, 0.4) is 0 Å². The molecule has 0 aromatic heterocycles. The van der Waals surface area contributed by atoms with E-state index in [0.717, 1.165) is 19.1 Å². The summed E-state index contributed by atoms with van der Waals surface area (Å²) in [6.45, 7) is 0. The first-order chi connectivity index (χ1) is 20.2. The van der Waals surface area contributed by atoms with Crippen LogP contribution in [-0.4, -0.2) is 46.2 Å². The lowest BCUT2D eigenvalue weighted by Crippen LogP contribution is -2.41. The minimum absolute atomic E-state index is 0.0130. The average molecular weight is 588 g/mol. The molecular formula is C31H26ClN3O7. The molecule has 42 heavy (non-hydrogen) atoms. The smallest absolute Gasteiger partial charge is 0.355 e. The Balaban J connectivity index is 2.14. The zero-order valence-corrected chi connectivity index (χ0v) is 23.9. The number of ketones is 1. The number of nitrogens with zero attached hydrogens (tertiary/aromatic N) is 2. The minimum Gasteiger partial charge on any atom is -0.493 e. The molecule has 1 aliphatic rings. The van der Waals surface area contributed by atoms with Crippen molar-refractivity contribution in [2.75, 3.05) is 33.3 Å². The lowest BCUT2D eigenvalue weighted by Gasteiger charge is -2.36. The number of allylic oxidation sites excluding steroid dienone is 1. The molecule has 0 radical (unpaired) electrons. The van der Waals surface area contributed by atoms with Crippen LogP contribution in [0.4, 0.5) is 5.69 Å². The number of benzene rings is 3. The SMILES string of the molecule is COC(=O)C1=C(C(=O)OC)N(c2cc(OC)c(OC)cc2C(=O)c2ccc(Cl)cc2)C(N)=C(C#N)C1c1ccccc1. The number of anilines is 1. The first-order valence-corrected chi connectivity index (χ1v) is 12.8. The van der Waals surface area contributed by atoms with Gasteiger partial charge in [-0.2, -0.15) is 5.26 Å². The number of ether oxygens (including phenoxy) is 4. The third-order valence-electron chi connectivity index (χ3n) is 6.70. The van der Waals surface area contributed by atoms with Crippen LogP contribution in [0.5, 0.6) is 11.5 Å². The molecule has 0 spiro atoms. The van der Waals surface area contributed by atoms with Crippen LogP contribution in [0.2, 0.25) is 5.02 Å². The lowest BCUT2D eigenvalue weighted by molar-refractivity contribution is -0.139. The Bertz CT molecular complexity index is 1660. The molecule has 2 N–H and O–H groups in total. The summed E-state index contributed by atoms with van der Waals surface area (Å²) in [6.07, 6.45) is 0. The molecule has 0 saturated carbocycles. The highest BCUT2D eigenvalue weighted by Gasteiger charge is 2.44. The maximum Gasteiger partial charge on any atom is 0.355 e. The van der Waals surface area contributed by atoms with E-state index in [2.05, 4.69) is 6.07 Å². The number of nitriles is 1. The van der Waals surface area contributed by atoms with E-state index >= 15 is 0 Å². The summed E-state index contributed by atoms with van der Waals surface area (Å²) in [6, 6.07) is 19.7. The molecule has 10 nitrogen and oxygen atoms in total. The minimum atomic E-state index is -1.08. The van der Waals surface area contributed by atoms with Gasteiger partial charge in [-0.15, -0.1) is 0 Å². The molecule has 1 atom stereocenters. The second-order valence-corrected chi connectivity index (χ2v) is 9.33. The summed E-state index contributed by atoms with van der Waals surface area (Å²) in [5, 5.41) is 10.8. The van der Waals surface area contributed by atoms with E-state index in [9.17, 15) is 19.6 Å². The van der Waals surface area contributed by atoms with Gasteiger partial charge < -0.3 is 24.7 Å². The Morgan fingerprint density at radius 3 is 2.02 bits per heavy atom. The first-order valence-electron chi connectivity index (χ1n) is 12.4. The van der Waals surface area contributed by atoms with E-state index in [0.29, 0.717) is 10.6 Å². The molecule has 1 aliphatic heterocycles. The number of methoxy groups -OCH3 is 4. The van der Waals surface area contributed by atoms with Gasteiger partial charge in [0.2, 0.25) is 0 Å². The van der Waals surface area contributed by atoms with Crippen molar-refractivity contribution in [3.8, 4) is 17.6 Å². The summed E-state index contributed by atoms with van der Waals surface area (Å²) in [5.74, 6) is -3.26. The van der Waals surface area contributed by atoms with Crippen LogP contribution < -0.4 is 20.1 Å². The molecule has 3 aromatic rings. The number of hydrogen-bond acceptors (Lipinski definition) is 10. The summed E-state index contributed by atoms with van der Waals surface area (Å²) in [4.78, 5) is 42.0. The average Bonchev–Trinajstić information content (AvgIpc) is 3.03. The molecule has 11 heteroatoms. The summed E-state index contributed by atoms with van der Waals surface area (Å²) < 4.78 is 21.1. The number of halogens is 1. The number of esters is 2. The van der Waals surface area contributed by atoms with Crippen molar-refractivity contribution in [1.82, 2.24) is 0 Å². The van der Waals surface area contributed by atoms with E-state index in [1.807, 2.05) is 0 Å². The third kappa shape index (κ3) is 5.25. The molecule has 0 fully saturated rings. The van der Waals surface area contributed by atoms with Crippen LogP contribution in [0.15, 0.2) is 89.4 Å². The zero-order chi connectivity index (χ0) is 30.6. The predicted octanol–water partition coefficient (Wildman–Crippen LogP) is 4.49. The highest BCUT2D eigenvalue weighted by atomic mass is 35.5. The number of nitrogens with two attached hydrogens (primary N) is 1. The number of carbonyl (C=O) groups is 3. The molecule has 4 rings (SSSR count). The van der Waals surface area contributed by atoms with Gasteiger partial charge in [-0.25, -0.2) is 9.59 Å². The van der Waals surface area contributed by atoms with Gasteiger partial charge in [0.15, 0.2) is 17.3 Å². The highest BCUT2D eigenvalue weighted by Crippen LogP contribution is 2.46. The fourth-order valence-electron chi connectivity index (χ4n) is 4.76. The van der Waals surface area contributed by atoms with E-state index in [-0.39, 0.29) is 51.0 Å². The molecule has 1 unspecified atom stereocenters. The van der Waals surface area contributed by atoms with E-state index in [4.69, 9.17) is 36.3 Å². The van der Waals surface area contributed by atoms with Crippen molar-refractivity contribution in [2.45, 2.75) is 5.92 Å². The summed E-state index contributed by atoms with van der Waals surface area (Å²) >= 11 is 6.04. The Kier molecular flexibility index (Phi) is 8.84. The van der Waals surface area contributed by atoms with Crippen molar-refractivity contribution in [3.63, 3.8) is 0 Å². The van der Waals surface area contributed by atoms with Gasteiger partial charge in [0, 0.05) is 16.7 Å². The molecule has 214 valence electrons. The van der Waals surface area contributed by atoms with Gasteiger partial charge in [-0.1, -0.05) is 41.9 Å². The van der Waals surface area contributed by atoms with Gasteiger partial charge in [0.1, 0.15) is 11.5 Å². The molecule has 0 saturated heterocycles. The quantitative estimate of drug-likeness (QED) is 0.296. The molecular weight excluding hydrogens is 562 g/mol. The van der Waals surface area contributed by atoms with Gasteiger partial charge in [0.05, 0.1) is 62.8 Å². The number of hydrogen-bond donors (Lipinski definition) is 1. The lowest BCUT2D eigenvalue weighted by atomic mass is 9.80. The van der Waals surface area contributed by atoms with Crippen LogP contribution in [0.1, 0.15) is 27.4 Å². The number of carbonyl (C=O) groups excluding carboxylic acids is 3. The maximum absolute atomic E-state index is 13.9. The molecule has 1 heterocycles. The van der Waals surface area contributed by atoms with Gasteiger partial charge in [-0.05, 0) is 35.9 Å². The monoisotopic (exact) mass is 587 g/mol. The standard InChI is InChI=1S/C31H26ClN3O7/c1-39-23-14-20(28(36)18-10-12-19(32)13-11-18)22(15-24(23)40-2)35-27(31(38)42-4)26(30(37)41-3)25(21(16-33)29(35)34)17-8-6-5-7-9-17/h5-15,25H,34H2,1-4H3. The molecule has 0 bridgehead atoms. The predicted molar refractivity (Wildman–Crippen MR) is 154 cm³/mol. The van der Waals surface area contributed by atoms with Crippen molar-refractivity contribution >= 4 is 35.0 Å². The van der Waals surface area contributed by atoms with E-state index in [1.165, 1.54) is 38.5 Å². The van der Waals surface area contributed by atoms with Crippen molar-refractivity contribution < 1.29 is 33.3 Å². The second kappa shape index (κ2) is 12.5. The van der Waals surface area contributed by atoms with Crippen LogP contribution in [0.25, 0.3) is 0 Å². The largest absolute Gasteiger partial charge is 0.493 e. The fourth-order valence-corrected chi connectivity index (χ4v) is 4.88. The fraction of sp³-hybridized carbons (Fsp3) is 0.161. The Labute approximate surface area is 247 Å². The van der Waals surface area contributed by atoms with Crippen LogP contribution in [0, 0.1) is 11.3 Å². The highest BCUT2D eigenvalue weighted by molar-refractivity contribution is 6.30. The van der Waals surface area contributed by atoms with Crippen molar-refractivity contribution in [3.05, 3.63) is 111 Å². The Morgan fingerprint density at radius 1 is 0.881 bits per heavy atom. The Morgan fingerprint density at radius 2 is 1.48 bits per heavy atom. The van der Waals surface area contributed by atoms with Gasteiger partial charge in [0.25, 0.3) is 0 Å². The molecule has 0 amide bonds. The molecule has 0 aliphatic carbocycles. The van der Waals surface area contributed by atoms with Crippen molar-refractivity contribution in [1.29, 1.82) is 5.26 Å². The summed E-state index contributed by atoms with van der Waals surface area (Å²) in [7, 11) is 5.07. The maximum atomic E-state index is 13.9. The normalized spacial score (nSPS) is 14.7. The third-order valence-corrected chi connectivity index (χ3v) is 6.96. The van der Waals surface area contributed by atoms with Crippen molar-refractivity contribution in [2.24, 2.45) is 5.73 Å². The topological polar surface area (TPSA) is 141 Å². The van der Waals surface area contributed by atoms with Crippen LogP contribution in [-0.2, 0) is 19.1 Å². The van der Waals surface area contributed by atoms with E-state index in [1.54, 1.807) is 42.5 Å². The summed E-state index contributed by atoms with van der Waals surface area (Å²) in [5.41, 5.74) is 6.84.